The lowest BCUT2D eigenvalue weighted by atomic mass is 9.95. The van der Waals surface area contributed by atoms with Crippen LogP contribution in [-0.4, -0.2) is 18.0 Å². The van der Waals surface area contributed by atoms with Crippen LogP contribution in [0.25, 0.3) is 0 Å². The van der Waals surface area contributed by atoms with Crippen molar-refractivity contribution < 1.29 is 0 Å². The van der Waals surface area contributed by atoms with Crippen molar-refractivity contribution in [2.75, 3.05) is 13.1 Å². The topological polar surface area (TPSA) is 3.24 Å². The molecular weight excluding hydrogens is 270 g/mol. The number of halogens is 1. The van der Waals surface area contributed by atoms with E-state index >= 15 is 0 Å². The van der Waals surface area contributed by atoms with Crippen LogP contribution < -0.4 is 0 Å². The first-order valence-electron chi connectivity index (χ1n) is 5.60. The molecule has 0 aromatic carbocycles. The second-order valence-electron chi connectivity index (χ2n) is 4.76. The van der Waals surface area contributed by atoms with Crippen molar-refractivity contribution in [3.05, 3.63) is 20.8 Å². The predicted molar refractivity (Wildman–Crippen MR) is 70.2 cm³/mol. The Hall–Kier alpha value is 0.140. The second-order valence-corrected chi connectivity index (χ2v) is 6.67. The Bertz CT molecular complexity index is 321. The van der Waals surface area contributed by atoms with Gasteiger partial charge in [0.25, 0.3) is 0 Å². The second kappa shape index (κ2) is 4.98. The highest BCUT2D eigenvalue weighted by atomic mass is 79.9. The molecule has 1 aromatic rings. The summed E-state index contributed by atoms with van der Waals surface area (Å²) < 4.78 is 1.22. The molecular formula is C12H18BrNS. The van der Waals surface area contributed by atoms with E-state index in [0.717, 1.165) is 18.4 Å². The number of rotatable bonds is 3. The first kappa shape index (κ1) is 11.6. The molecule has 2 heterocycles. The van der Waals surface area contributed by atoms with Crippen molar-refractivity contribution in [3.63, 3.8) is 0 Å². The van der Waals surface area contributed by atoms with Crippen LogP contribution in [0.2, 0.25) is 0 Å². The predicted octanol–water partition coefficient (Wildman–Crippen LogP) is 3.99. The molecule has 1 saturated heterocycles. The normalized spacial score (nSPS) is 22.8. The van der Waals surface area contributed by atoms with Gasteiger partial charge in [0.05, 0.1) is 0 Å². The number of thiophene rings is 1. The van der Waals surface area contributed by atoms with Gasteiger partial charge in [0.15, 0.2) is 0 Å². The van der Waals surface area contributed by atoms with Crippen LogP contribution in [0.4, 0.5) is 0 Å². The maximum atomic E-state index is 3.51. The molecule has 1 nitrogen and oxygen atoms in total. The molecule has 0 bridgehead atoms. The molecule has 84 valence electrons. The van der Waals surface area contributed by atoms with Gasteiger partial charge in [-0.1, -0.05) is 13.8 Å². The lowest BCUT2D eigenvalue weighted by molar-refractivity contribution is 0.299. The third kappa shape index (κ3) is 3.05. The molecule has 0 amide bonds. The summed E-state index contributed by atoms with van der Waals surface area (Å²) >= 11 is 5.37. The Balaban J connectivity index is 1.87. The molecule has 0 spiro atoms. The fraction of sp³-hybridized carbons (Fsp3) is 0.667. The van der Waals surface area contributed by atoms with Gasteiger partial charge >= 0.3 is 0 Å². The molecule has 1 aromatic heterocycles. The van der Waals surface area contributed by atoms with Crippen LogP contribution in [-0.2, 0) is 6.54 Å². The van der Waals surface area contributed by atoms with E-state index in [1.165, 1.54) is 28.9 Å². The molecule has 0 saturated carbocycles. The highest BCUT2D eigenvalue weighted by Crippen LogP contribution is 2.27. The molecule has 3 heteroatoms. The number of hydrogen-bond donors (Lipinski definition) is 0. The molecule has 0 aliphatic carbocycles. The summed E-state index contributed by atoms with van der Waals surface area (Å²) in [6.45, 7) is 8.39. The highest BCUT2D eigenvalue weighted by molar-refractivity contribution is 9.10. The van der Waals surface area contributed by atoms with Crippen molar-refractivity contribution >= 4 is 27.3 Å². The first-order valence-corrected chi connectivity index (χ1v) is 7.27. The van der Waals surface area contributed by atoms with Gasteiger partial charge in [-0.2, -0.15) is 0 Å². The minimum Gasteiger partial charge on any atom is -0.298 e. The zero-order valence-electron chi connectivity index (χ0n) is 9.37. The fourth-order valence-corrected chi connectivity index (χ4v) is 3.70. The van der Waals surface area contributed by atoms with Gasteiger partial charge in [0, 0.05) is 27.8 Å². The quantitative estimate of drug-likeness (QED) is 0.813. The Morgan fingerprint density at radius 2 is 2.40 bits per heavy atom. The van der Waals surface area contributed by atoms with Crippen LogP contribution in [0.15, 0.2) is 15.9 Å². The van der Waals surface area contributed by atoms with Gasteiger partial charge in [0.2, 0.25) is 0 Å². The van der Waals surface area contributed by atoms with Crippen LogP contribution in [0.1, 0.15) is 25.1 Å². The van der Waals surface area contributed by atoms with Gasteiger partial charge < -0.3 is 0 Å². The lowest BCUT2D eigenvalue weighted by Crippen LogP contribution is -2.20. The zero-order chi connectivity index (χ0) is 10.8. The van der Waals surface area contributed by atoms with Crippen molar-refractivity contribution in [1.29, 1.82) is 0 Å². The summed E-state index contributed by atoms with van der Waals surface area (Å²) in [5, 5.41) is 2.17. The third-order valence-electron chi connectivity index (χ3n) is 3.25. The summed E-state index contributed by atoms with van der Waals surface area (Å²) in [6, 6.07) is 2.24. The Kier molecular flexibility index (Phi) is 3.86. The average molecular weight is 288 g/mol. The maximum Gasteiger partial charge on any atom is 0.0328 e. The molecule has 1 aliphatic rings. The molecule has 1 unspecified atom stereocenters. The van der Waals surface area contributed by atoms with Gasteiger partial charge in [-0.25, -0.2) is 0 Å². The molecule has 1 fully saturated rings. The van der Waals surface area contributed by atoms with Crippen molar-refractivity contribution in [1.82, 2.24) is 4.90 Å². The lowest BCUT2D eigenvalue weighted by Gasteiger charge is -2.16. The van der Waals surface area contributed by atoms with Crippen LogP contribution in [0.5, 0.6) is 0 Å². The van der Waals surface area contributed by atoms with E-state index in [4.69, 9.17) is 0 Å². The number of likely N-dealkylation sites (tertiary alicyclic amines) is 1. The number of nitrogens with zero attached hydrogens (tertiary/aromatic N) is 1. The summed E-state index contributed by atoms with van der Waals surface area (Å²) in [6.07, 6.45) is 1.38. The Morgan fingerprint density at radius 1 is 1.60 bits per heavy atom. The highest BCUT2D eigenvalue weighted by Gasteiger charge is 2.24. The van der Waals surface area contributed by atoms with Crippen LogP contribution >= 0.6 is 27.3 Å². The van der Waals surface area contributed by atoms with Gasteiger partial charge in [-0.15, -0.1) is 11.3 Å². The monoisotopic (exact) mass is 287 g/mol. The summed E-state index contributed by atoms with van der Waals surface area (Å²) in [7, 11) is 0. The molecule has 2 rings (SSSR count). The number of hydrogen-bond acceptors (Lipinski definition) is 2. The summed E-state index contributed by atoms with van der Waals surface area (Å²) in [5.41, 5.74) is 0. The van der Waals surface area contributed by atoms with Gasteiger partial charge in [-0.05, 0) is 46.8 Å². The molecule has 15 heavy (non-hydrogen) atoms. The van der Waals surface area contributed by atoms with E-state index in [1.54, 1.807) is 0 Å². The Morgan fingerprint density at radius 3 is 2.93 bits per heavy atom. The molecule has 0 N–H and O–H groups in total. The SMILES string of the molecule is CC(C)C1CCN(Cc2cc(Br)cs2)C1. The Labute approximate surface area is 105 Å². The fourth-order valence-electron chi connectivity index (χ4n) is 2.21. The minimum absolute atomic E-state index is 0.838. The first-order chi connectivity index (χ1) is 7.15. The summed E-state index contributed by atoms with van der Waals surface area (Å²) in [5.74, 6) is 1.75. The van der Waals surface area contributed by atoms with Gasteiger partial charge in [0.1, 0.15) is 0 Å². The molecule has 1 atom stereocenters. The van der Waals surface area contributed by atoms with E-state index in [9.17, 15) is 0 Å². The largest absolute Gasteiger partial charge is 0.298 e. The van der Waals surface area contributed by atoms with E-state index in [2.05, 4.69) is 46.1 Å². The average Bonchev–Trinajstić information content (AvgIpc) is 2.76. The maximum absolute atomic E-state index is 3.51. The molecule has 1 aliphatic heterocycles. The van der Waals surface area contributed by atoms with Gasteiger partial charge in [-0.3, -0.25) is 4.90 Å². The third-order valence-corrected chi connectivity index (χ3v) is 4.94. The molecule has 0 radical (unpaired) electrons. The van der Waals surface area contributed by atoms with Crippen LogP contribution in [0.3, 0.4) is 0 Å². The van der Waals surface area contributed by atoms with Crippen molar-refractivity contribution in [3.8, 4) is 0 Å². The van der Waals surface area contributed by atoms with E-state index in [0.29, 0.717) is 0 Å². The van der Waals surface area contributed by atoms with E-state index < -0.39 is 0 Å². The summed E-state index contributed by atoms with van der Waals surface area (Å²) in [4.78, 5) is 4.06. The van der Waals surface area contributed by atoms with E-state index in [-0.39, 0.29) is 0 Å². The minimum atomic E-state index is 0.838. The van der Waals surface area contributed by atoms with Crippen molar-refractivity contribution in [2.45, 2.75) is 26.8 Å². The van der Waals surface area contributed by atoms with Crippen molar-refractivity contribution in [2.24, 2.45) is 11.8 Å². The standard InChI is InChI=1S/C12H18BrNS/c1-9(2)10-3-4-14(6-10)7-12-5-11(13)8-15-12/h5,8-10H,3-4,6-7H2,1-2H3. The smallest absolute Gasteiger partial charge is 0.0328 e. The zero-order valence-corrected chi connectivity index (χ0v) is 11.8. The van der Waals surface area contributed by atoms with Crippen LogP contribution in [0, 0.1) is 11.8 Å². The van der Waals surface area contributed by atoms with E-state index in [1.807, 2.05) is 11.3 Å².